The molecule has 1 atom stereocenters. The fourth-order valence-corrected chi connectivity index (χ4v) is 4.03. The van der Waals surface area contributed by atoms with Gasteiger partial charge in [0.05, 0.1) is 5.69 Å². The number of halogens is 4. The maximum absolute atomic E-state index is 12.9. The van der Waals surface area contributed by atoms with Gasteiger partial charge in [0.2, 0.25) is 5.91 Å². The van der Waals surface area contributed by atoms with E-state index < -0.39 is 12.3 Å². The third-order valence-electron chi connectivity index (χ3n) is 5.22. The zero-order valence-corrected chi connectivity index (χ0v) is 18.5. The van der Waals surface area contributed by atoms with Gasteiger partial charge in [0, 0.05) is 29.5 Å². The lowest BCUT2D eigenvalue weighted by atomic mass is 9.92. The lowest BCUT2D eigenvalue weighted by Gasteiger charge is -2.16. The Kier molecular flexibility index (Phi) is 6.16. The van der Waals surface area contributed by atoms with E-state index in [1.54, 1.807) is 35.8 Å². The molecule has 0 spiro atoms. The minimum absolute atomic E-state index is 0.100. The van der Waals surface area contributed by atoms with Gasteiger partial charge in [0.15, 0.2) is 0 Å². The standard InChI is InChI=1S/C23H20ClF3N4O2/c1-3-28-21(32)11-15-10-18(14-4-6-16(24)7-5-14)19-12-17(33-23(25,26)27)8-9-20(19)31-13(2)29-30-22(15)31/h4-10,12,15H,3,11H2,1-2H3,(H,28,32). The Balaban J connectivity index is 1.94. The fourth-order valence-electron chi connectivity index (χ4n) is 3.91. The van der Waals surface area contributed by atoms with Crippen LogP contribution < -0.4 is 10.1 Å². The molecule has 0 aliphatic carbocycles. The highest BCUT2D eigenvalue weighted by Crippen LogP contribution is 2.40. The zero-order valence-electron chi connectivity index (χ0n) is 17.8. The van der Waals surface area contributed by atoms with Crippen molar-refractivity contribution in [3.63, 3.8) is 0 Å². The molecule has 1 N–H and O–H groups in total. The third-order valence-corrected chi connectivity index (χ3v) is 5.47. The first-order valence-electron chi connectivity index (χ1n) is 10.2. The van der Waals surface area contributed by atoms with Gasteiger partial charge in [-0.15, -0.1) is 23.4 Å². The molecule has 10 heteroatoms. The van der Waals surface area contributed by atoms with Crippen molar-refractivity contribution in [2.75, 3.05) is 6.54 Å². The van der Waals surface area contributed by atoms with Gasteiger partial charge in [-0.2, -0.15) is 0 Å². The summed E-state index contributed by atoms with van der Waals surface area (Å²) >= 11 is 6.05. The Labute approximate surface area is 193 Å². The first-order chi connectivity index (χ1) is 15.7. The number of carbonyl (C=O) groups excluding carboxylic acids is 1. The molecule has 0 bridgehead atoms. The number of rotatable bonds is 5. The van der Waals surface area contributed by atoms with E-state index in [9.17, 15) is 18.0 Å². The topological polar surface area (TPSA) is 69.0 Å². The van der Waals surface area contributed by atoms with Crippen LogP contribution in [0.2, 0.25) is 5.02 Å². The van der Waals surface area contributed by atoms with Crippen LogP contribution in [0.15, 0.2) is 48.5 Å². The van der Waals surface area contributed by atoms with Crippen LogP contribution in [-0.4, -0.2) is 33.6 Å². The Morgan fingerprint density at radius 1 is 1.18 bits per heavy atom. The van der Waals surface area contributed by atoms with Gasteiger partial charge in [0.25, 0.3) is 0 Å². The second kappa shape index (κ2) is 8.90. The monoisotopic (exact) mass is 476 g/mol. The molecule has 2 aromatic carbocycles. The number of allylic oxidation sites excluding steroid dienone is 1. The van der Waals surface area contributed by atoms with E-state index in [0.717, 1.165) is 5.56 Å². The van der Waals surface area contributed by atoms with E-state index in [0.29, 0.717) is 40.0 Å². The number of benzene rings is 2. The molecule has 0 radical (unpaired) electrons. The summed E-state index contributed by atoms with van der Waals surface area (Å²) in [5, 5.41) is 11.7. The van der Waals surface area contributed by atoms with Gasteiger partial charge in [-0.05, 0) is 55.3 Å². The largest absolute Gasteiger partial charge is 0.573 e. The van der Waals surface area contributed by atoms with Gasteiger partial charge in [-0.1, -0.05) is 29.8 Å². The number of hydrogen-bond donors (Lipinski definition) is 1. The molecule has 0 saturated heterocycles. The number of aryl methyl sites for hydroxylation is 1. The summed E-state index contributed by atoms with van der Waals surface area (Å²) in [5.74, 6) is 0.0719. The average molecular weight is 477 g/mol. The van der Waals surface area contributed by atoms with Crippen molar-refractivity contribution in [3.05, 3.63) is 76.3 Å². The summed E-state index contributed by atoms with van der Waals surface area (Å²) in [6.45, 7) is 4.05. The Hall–Kier alpha value is -3.33. The Morgan fingerprint density at radius 2 is 1.91 bits per heavy atom. The van der Waals surface area contributed by atoms with Crippen LogP contribution in [0.1, 0.15) is 42.0 Å². The first kappa shape index (κ1) is 22.8. The van der Waals surface area contributed by atoms with Crippen molar-refractivity contribution in [1.82, 2.24) is 20.1 Å². The maximum Gasteiger partial charge on any atom is 0.573 e. The molecule has 2 heterocycles. The van der Waals surface area contributed by atoms with E-state index in [4.69, 9.17) is 11.6 Å². The Morgan fingerprint density at radius 3 is 2.58 bits per heavy atom. The number of fused-ring (bicyclic) bond motifs is 3. The molecular weight excluding hydrogens is 457 g/mol. The van der Waals surface area contributed by atoms with Gasteiger partial charge in [-0.25, -0.2) is 0 Å². The zero-order chi connectivity index (χ0) is 23.8. The van der Waals surface area contributed by atoms with Crippen molar-refractivity contribution in [2.24, 2.45) is 0 Å². The third kappa shape index (κ3) is 4.88. The second-order valence-electron chi connectivity index (χ2n) is 7.52. The minimum atomic E-state index is -4.83. The van der Waals surface area contributed by atoms with Crippen molar-refractivity contribution in [2.45, 2.75) is 32.5 Å². The Bertz CT molecular complexity index is 1220. The first-order valence-corrected chi connectivity index (χ1v) is 10.6. The maximum atomic E-state index is 12.9. The lowest BCUT2D eigenvalue weighted by molar-refractivity contribution is -0.274. The smallest absolute Gasteiger partial charge is 0.406 e. The molecule has 4 rings (SSSR count). The van der Waals surface area contributed by atoms with Crippen LogP contribution in [0.3, 0.4) is 0 Å². The van der Waals surface area contributed by atoms with E-state index >= 15 is 0 Å². The fraction of sp³-hybridized carbons (Fsp3) is 0.261. The molecule has 1 aromatic heterocycles. The summed E-state index contributed by atoms with van der Waals surface area (Å²) < 4.78 is 44.7. The van der Waals surface area contributed by atoms with Crippen LogP contribution in [0, 0.1) is 6.92 Å². The number of nitrogens with zero attached hydrogens (tertiary/aromatic N) is 3. The highest BCUT2D eigenvalue weighted by atomic mass is 35.5. The molecule has 3 aromatic rings. The summed E-state index contributed by atoms with van der Waals surface area (Å²) in [7, 11) is 0. The molecule has 6 nitrogen and oxygen atoms in total. The van der Waals surface area contributed by atoms with E-state index in [-0.39, 0.29) is 18.1 Å². The van der Waals surface area contributed by atoms with Crippen LogP contribution in [-0.2, 0) is 4.79 Å². The van der Waals surface area contributed by atoms with Crippen LogP contribution >= 0.6 is 11.6 Å². The predicted molar refractivity (Wildman–Crippen MR) is 117 cm³/mol. The molecule has 1 aliphatic heterocycles. The summed E-state index contributed by atoms with van der Waals surface area (Å²) in [6.07, 6.45) is -2.90. The van der Waals surface area contributed by atoms with Crippen LogP contribution in [0.4, 0.5) is 13.2 Å². The normalized spacial score (nSPS) is 15.2. The minimum Gasteiger partial charge on any atom is -0.406 e. The number of amides is 1. The highest BCUT2D eigenvalue weighted by molar-refractivity contribution is 6.30. The van der Waals surface area contributed by atoms with Crippen molar-refractivity contribution < 1.29 is 22.7 Å². The van der Waals surface area contributed by atoms with Gasteiger partial charge in [-0.3, -0.25) is 9.36 Å². The quantitative estimate of drug-likeness (QED) is 0.550. The summed E-state index contributed by atoms with van der Waals surface area (Å²) in [6, 6.07) is 11.1. The molecule has 33 heavy (non-hydrogen) atoms. The van der Waals surface area contributed by atoms with Crippen molar-refractivity contribution >= 4 is 23.1 Å². The van der Waals surface area contributed by atoms with Crippen LogP contribution in [0.25, 0.3) is 11.3 Å². The molecule has 1 amide bonds. The molecule has 0 saturated carbocycles. The number of aromatic nitrogens is 3. The molecular formula is C23H20ClF3N4O2. The SMILES string of the molecule is CCNC(=O)CC1C=C(c2ccc(Cl)cc2)c2cc(OC(F)(F)F)ccc2-n2c(C)nnc21. The molecule has 0 fully saturated rings. The van der Waals surface area contributed by atoms with Crippen molar-refractivity contribution in [3.8, 4) is 11.4 Å². The number of alkyl halides is 3. The average Bonchev–Trinajstić information content (AvgIpc) is 3.06. The van der Waals surface area contributed by atoms with E-state index in [1.165, 1.54) is 18.2 Å². The van der Waals surface area contributed by atoms with Crippen LogP contribution in [0.5, 0.6) is 5.75 Å². The lowest BCUT2D eigenvalue weighted by Crippen LogP contribution is -2.24. The van der Waals surface area contributed by atoms with Gasteiger partial charge >= 0.3 is 6.36 Å². The number of nitrogens with one attached hydrogen (secondary N) is 1. The molecule has 1 unspecified atom stereocenters. The van der Waals surface area contributed by atoms with E-state index in [2.05, 4.69) is 20.3 Å². The number of ether oxygens (including phenoxy) is 1. The summed E-state index contributed by atoms with van der Waals surface area (Å²) in [4.78, 5) is 12.5. The van der Waals surface area contributed by atoms with E-state index in [1.807, 2.05) is 13.0 Å². The summed E-state index contributed by atoms with van der Waals surface area (Å²) in [5.41, 5.74) is 2.43. The number of hydrogen-bond acceptors (Lipinski definition) is 4. The van der Waals surface area contributed by atoms with Gasteiger partial charge < -0.3 is 10.1 Å². The number of carbonyl (C=O) groups is 1. The molecule has 1 aliphatic rings. The highest BCUT2D eigenvalue weighted by Gasteiger charge is 2.33. The predicted octanol–water partition coefficient (Wildman–Crippen LogP) is 5.18. The second-order valence-corrected chi connectivity index (χ2v) is 7.96. The van der Waals surface area contributed by atoms with Crippen molar-refractivity contribution in [1.29, 1.82) is 0 Å². The molecule has 172 valence electrons. The van der Waals surface area contributed by atoms with Gasteiger partial charge in [0.1, 0.15) is 17.4 Å².